The van der Waals surface area contributed by atoms with Crippen LogP contribution in [0.3, 0.4) is 0 Å². The van der Waals surface area contributed by atoms with Crippen molar-refractivity contribution < 1.29 is 19.4 Å². The zero-order valence-corrected chi connectivity index (χ0v) is 7.58. The maximum atomic E-state index is 10.5. The summed E-state index contributed by atoms with van der Waals surface area (Å²) >= 11 is 0. The van der Waals surface area contributed by atoms with E-state index in [1.54, 1.807) is 6.92 Å². The Morgan fingerprint density at radius 3 is 2.58 bits per heavy atom. The quantitative estimate of drug-likeness (QED) is 0.585. The zero-order valence-electron chi connectivity index (χ0n) is 7.58. The van der Waals surface area contributed by atoms with Crippen molar-refractivity contribution in [3.63, 3.8) is 0 Å². The minimum Gasteiger partial charge on any atom is -0.479 e. The highest BCUT2D eigenvalue weighted by molar-refractivity contribution is 5.72. The Balaban J connectivity index is 3.56. The molecule has 0 bridgehead atoms. The largest absolute Gasteiger partial charge is 0.479 e. The lowest BCUT2D eigenvalue weighted by atomic mass is 10.4. The van der Waals surface area contributed by atoms with E-state index in [0.717, 1.165) is 6.42 Å². The van der Waals surface area contributed by atoms with Crippen molar-refractivity contribution in [2.75, 3.05) is 19.8 Å². The van der Waals surface area contributed by atoms with Crippen molar-refractivity contribution in [1.82, 2.24) is 0 Å². The van der Waals surface area contributed by atoms with Crippen molar-refractivity contribution in [2.45, 2.75) is 26.4 Å². The summed E-state index contributed by atoms with van der Waals surface area (Å²) < 4.78 is 9.98. The molecular formula is C8H16O4. The van der Waals surface area contributed by atoms with Crippen molar-refractivity contribution in [1.29, 1.82) is 0 Å². The molecule has 0 spiro atoms. The molecular weight excluding hydrogens is 160 g/mol. The van der Waals surface area contributed by atoms with E-state index in [2.05, 4.69) is 0 Å². The molecule has 0 aromatic heterocycles. The summed E-state index contributed by atoms with van der Waals surface area (Å²) in [5.74, 6) is -0.965. The van der Waals surface area contributed by atoms with Crippen LogP contribution in [0.2, 0.25) is 0 Å². The minimum atomic E-state index is -0.965. The standard InChI is InChI=1S/C8H16O4/c1-3-5-11-6-7(8(9)10)12-4-2/h7H,3-6H2,1-2H3,(H,9,10). The third kappa shape index (κ3) is 5.09. The topological polar surface area (TPSA) is 55.8 Å². The number of carboxylic acids is 1. The number of carbonyl (C=O) groups is 1. The molecule has 0 aromatic carbocycles. The fourth-order valence-corrected chi connectivity index (χ4v) is 0.727. The summed E-state index contributed by atoms with van der Waals surface area (Å²) in [5.41, 5.74) is 0. The molecule has 0 saturated carbocycles. The lowest BCUT2D eigenvalue weighted by Gasteiger charge is -2.11. The molecule has 0 radical (unpaired) electrons. The van der Waals surface area contributed by atoms with Gasteiger partial charge in [0.2, 0.25) is 0 Å². The van der Waals surface area contributed by atoms with Crippen LogP contribution >= 0.6 is 0 Å². The number of ether oxygens (including phenoxy) is 2. The lowest BCUT2D eigenvalue weighted by molar-refractivity contribution is -0.154. The summed E-state index contributed by atoms with van der Waals surface area (Å²) in [5, 5.41) is 8.60. The molecule has 0 aliphatic rings. The van der Waals surface area contributed by atoms with Gasteiger partial charge in [-0.25, -0.2) is 4.79 Å². The van der Waals surface area contributed by atoms with Gasteiger partial charge in [0.25, 0.3) is 0 Å². The Kier molecular flexibility index (Phi) is 6.70. The molecule has 4 heteroatoms. The van der Waals surface area contributed by atoms with Gasteiger partial charge in [0.05, 0.1) is 6.61 Å². The molecule has 0 aromatic rings. The Morgan fingerprint density at radius 1 is 1.50 bits per heavy atom. The van der Waals surface area contributed by atoms with Crippen LogP contribution in [-0.4, -0.2) is 37.0 Å². The van der Waals surface area contributed by atoms with Gasteiger partial charge >= 0.3 is 5.97 Å². The first-order valence-corrected chi connectivity index (χ1v) is 4.14. The van der Waals surface area contributed by atoms with Crippen LogP contribution in [0.25, 0.3) is 0 Å². The highest BCUT2D eigenvalue weighted by Crippen LogP contribution is 1.94. The summed E-state index contributed by atoms with van der Waals surface area (Å²) in [6.45, 7) is 4.84. The molecule has 72 valence electrons. The SMILES string of the molecule is CCCOCC(OCC)C(=O)O. The monoisotopic (exact) mass is 176 g/mol. The van der Waals surface area contributed by atoms with Crippen molar-refractivity contribution in [2.24, 2.45) is 0 Å². The fraction of sp³-hybridized carbons (Fsp3) is 0.875. The fourth-order valence-electron chi connectivity index (χ4n) is 0.727. The maximum Gasteiger partial charge on any atom is 0.335 e. The van der Waals surface area contributed by atoms with Gasteiger partial charge < -0.3 is 14.6 Å². The second-order valence-electron chi connectivity index (χ2n) is 2.36. The second-order valence-corrected chi connectivity index (χ2v) is 2.36. The van der Waals surface area contributed by atoms with E-state index in [1.165, 1.54) is 0 Å². The molecule has 0 aliphatic heterocycles. The van der Waals surface area contributed by atoms with Crippen molar-refractivity contribution in [3.8, 4) is 0 Å². The van der Waals surface area contributed by atoms with Crippen LogP contribution in [0, 0.1) is 0 Å². The van der Waals surface area contributed by atoms with Gasteiger partial charge in [-0.2, -0.15) is 0 Å². The summed E-state index contributed by atoms with van der Waals surface area (Å²) in [6.07, 6.45) is 0.0694. The van der Waals surface area contributed by atoms with Gasteiger partial charge in [-0.05, 0) is 13.3 Å². The van der Waals surface area contributed by atoms with Crippen LogP contribution in [0.4, 0.5) is 0 Å². The van der Waals surface area contributed by atoms with E-state index in [-0.39, 0.29) is 6.61 Å². The molecule has 0 fully saturated rings. The highest BCUT2D eigenvalue weighted by atomic mass is 16.5. The molecule has 4 nitrogen and oxygen atoms in total. The summed E-state index contributed by atoms with van der Waals surface area (Å²) in [6, 6.07) is 0. The first kappa shape index (κ1) is 11.4. The van der Waals surface area contributed by atoms with Crippen LogP contribution in [-0.2, 0) is 14.3 Å². The second kappa shape index (κ2) is 7.06. The molecule has 0 saturated heterocycles. The number of aliphatic carboxylic acids is 1. The van der Waals surface area contributed by atoms with Gasteiger partial charge in [0, 0.05) is 13.2 Å². The minimum absolute atomic E-state index is 0.136. The molecule has 1 atom stereocenters. The predicted molar refractivity (Wildman–Crippen MR) is 44.2 cm³/mol. The van der Waals surface area contributed by atoms with E-state index >= 15 is 0 Å². The summed E-state index contributed by atoms with van der Waals surface area (Å²) in [4.78, 5) is 10.5. The molecule has 12 heavy (non-hydrogen) atoms. The number of carboxylic acid groups (broad SMARTS) is 1. The average Bonchev–Trinajstić information content (AvgIpc) is 2.03. The number of hydrogen-bond donors (Lipinski definition) is 1. The van der Waals surface area contributed by atoms with E-state index in [9.17, 15) is 4.79 Å². The predicted octanol–water partition coefficient (Wildman–Crippen LogP) is 0.903. The van der Waals surface area contributed by atoms with Crippen LogP contribution in [0.1, 0.15) is 20.3 Å². The molecule has 1 N–H and O–H groups in total. The Bertz CT molecular complexity index is 124. The van der Waals surface area contributed by atoms with Gasteiger partial charge in [-0.1, -0.05) is 6.92 Å². The maximum absolute atomic E-state index is 10.5. The highest BCUT2D eigenvalue weighted by Gasteiger charge is 2.16. The third-order valence-electron chi connectivity index (χ3n) is 1.26. The molecule has 0 heterocycles. The Labute approximate surface area is 72.5 Å². The van der Waals surface area contributed by atoms with Crippen LogP contribution in [0.5, 0.6) is 0 Å². The van der Waals surface area contributed by atoms with E-state index in [1.807, 2.05) is 6.92 Å². The third-order valence-corrected chi connectivity index (χ3v) is 1.26. The van der Waals surface area contributed by atoms with E-state index < -0.39 is 12.1 Å². The van der Waals surface area contributed by atoms with Gasteiger partial charge in [-0.15, -0.1) is 0 Å². The zero-order chi connectivity index (χ0) is 9.40. The molecule has 1 unspecified atom stereocenters. The molecule has 0 aliphatic carbocycles. The smallest absolute Gasteiger partial charge is 0.335 e. The first-order chi connectivity index (χ1) is 5.72. The molecule has 0 rings (SSSR count). The van der Waals surface area contributed by atoms with Gasteiger partial charge in [-0.3, -0.25) is 0 Å². The van der Waals surface area contributed by atoms with E-state index in [0.29, 0.717) is 13.2 Å². The number of rotatable bonds is 7. The Morgan fingerprint density at radius 2 is 2.17 bits per heavy atom. The van der Waals surface area contributed by atoms with Crippen molar-refractivity contribution in [3.05, 3.63) is 0 Å². The van der Waals surface area contributed by atoms with E-state index in [4.69, 9.17) is 14.6 Å². The number of hydrogen-bond acceptors (Lipinski definition) is 3. The van der Waals surface area contributed by atoms with Crippen LogP contribution in [0.15, 0.2) is 0 Å². The van der Waals surface area contributed by atoms with Crippen LogP contribution < -0.4 is 0 Å². The summed E-state index contributed by atoms with van der Waals surface area (Å²) in [7, 11) is 0. The Hall–Kier alpha value is -0.610. The van der Waals surface area contributed by atoms with Gasteiger partial charge in [0.15, 0.2) is 6.10 Å². The first-order valence-electron chi connectivity index (χ1n) is 4.14. The van der Waals surface area contributed by atoms with Gasteiger partial charge in [0.1, 0.15) is 0 Å². The average molecular weight is 176 g/mol. The van der Waals surface area contributed by atoms with Crippen molar-refractivity contribution >= 4 is 5.97 Å². The molecule has 0 amide bonds. The normalized spacial score (nSPS) is 12.8. The lowest BCUT2D eigenvalue weighted by Crippen LogP contribution is -2.29.